The lowest BCUT2D eigenvalue weighted by molar-refractivity contribution is -0.110. The van der Waals surface area contributed by atoms with Crippen LogP contribution in [0.1, 0.15) is 27.2 Å². The van der Waals surface area contributed by atoms with E-state index in [1.807, 2.05) is 6.92 Å². The first-order valence-corrected chi connectivity index (χ1v) is 4.40. The Morgan fingerprint density at radius 2 is 2.20 bits per heavy atom. The summed E-state index contributed by atoms with van der Waals surface area (Å²) < 4.78 is 15.5. The maximum atomic E-state index is 10.7. The average molecular weight is 163 g/mol. The van der Waals surface area contributed by atoms with Gasteiger partial charge in [-0.1, -0.05) is 6.92 Å². The third-order valence-corrected chi connectivity index (χ3v) is 2.17. The van der Waals surface area contributed by atoms with E-state index in [1.54, 1.807) is 6.92 Å². The minimum absolute atomic E-state index is 0.0903. The van der Waals surface area contributed by atoms with E-state index in [2.05, 4.69) is 0 Å². The summed E-state index contributed by atoms with van der Waals surface area (Å²) in [6.45, 7) is 4.96. The zero-order chi connectivity index (χ0) is 8.15. The van der Waals surface area contributed by atoms with Crippen LogP contribution in [0.3, 0.4) is 0 Å². The first-order chi connectivity index (χ1) is 4.57. The molecule has 0 aromatic heterocycles. The molecule has 2 unspecified atom stereocenters. The van der Waals surface area contributed by atoms with Crippen LogP contribution in [0.2, 0.25) is 0 Å². The smallest absolute Gasteiger partial charge is 0.237 e. The van der Waals surface area contributed by atoms with E-state index >= 15 is 0 Å². The molecule has 0 rings (SSSR count). The van der Waals surface area contributed by atoms with E-state index in [9.17, 15) is 9.36 Å². The number of carbonyl (C=O) groups is 1. The molecule has 0 aromatic rings. The molecule has 10 heavy (non-hydrogen) atoms. The molecule has 2 atom stereocenters. The molecule has 0 aromatic carbocycles. The fourth-order valence-electron chi connectivity index (χ4n) is 0.312. The van der Waals surface area contributed by atoms with Crippen molar-refractivity contribution in [3.63, 3.8) is 0 Å². The highest BCUT2D eigenvalue weighted by Gasteiger charge is 2.27. The minimum atomic E-state index is -2.07. The Hall–Kier alpha value is -0.270. The van der Waals surface area contributed by atoms with Crippen molar-refractivity contribution >= 4 is 13.6 Å². The average Bonchev–Trinajstić information content (AvgIpc) is 1.87. The van der Waals surface area contributed by atoms with Crippen LogP contribution in [0.5, 0.6) is 0 Å². The predicted molar refractivity (Wildman–Crippen MR) is 39.1 cm³/mol. The van der Waals surface area contributed by atoms with Crippen LogP contribution in [0.15, 0.2) is 0 Å². The first-order valence-electron chi connectivity index (χ1n) is 3.22. The Bertz CT molecular complexity index is 144. The summed E-state index contributed by atoms with van der Waals surface area (Å²) in [6, 6.07) is 0. The lowest BCUT2D eigenvalue weighted by Crippen LogP contribution is -2.01. The van der Waals surface area contributed by atoms with E-state index in [-0.39, 0.29) is 6.10 Å². The molecule has 0 fully saturated rings. The molecule has 58 valence electrons. The second-order valence-corrected chi connectivity index (χ2v) is 3.46. The van der Waals surface area contributed by atoms with Crippen LogP contribution in [0.25, 0.3) is 0 Å². The SMILES string of the molecule is CCC(C)O[P+](=O)C(C)=O. The maximum absolute atomic E-state index is 10.7. The Morgan fingerprint density at radius 3 is 2.50 bits per heavy atom. The van der Waals surface area contributed by atoms with Crippen LogP contribution in [0.4, 0.5) is 0 Å². The van der Waals surface area contributed by atoms with Crippen molar-refractivity contribution in [1.29, 1.82) is 0 Å². The van der Waals surface area contributed by atoms with Gasteiger partial charge in [-0.2, -0.15) is 0 Å². The lowest BCUT2D eigenvalue weighted by atomic mass is 10.3. The lowest BCUT2D eigenvalue weighted by Gasteiger charge is -1.95. The van der Waals surface area contributed by atoms with Crippen LogP contribution in [-0.2, 0) is 13.9 Å². The largest absolute Gasteiger partial charge is 0.587 e. The molecule has 0 spiro atoms. The Balaban J connectivity index is 3.68. The van der Waals surface area contributed by atoms with Crippen molar-refractivity contribution in [1.82, 2.24) is 0 Å². The molecule has 0 N–H and O–H groups in total. The Kier molecular flexibility index (Phi) is 4.41. The van der Waals surface area contributed by atoms with Gasteiger partial charge in [-0.25, -0.2) is 4.79 Å². The zero-order valence-corrected chi connectivity index (χ0v) is 7.35. The standard InChI is InChI=1S/C6H12O3P/c1-4-5(2)9-10(8)6(3)7/h5H,4H2,1-3H3/q+1. The summed E-state index contributed by atoms with van der Waals surface area (Å²) in [5, 5.41) is 0. The van der Waals surface area contributed by atoms with Gasteiger partial charge >= 0.3 is 13.6 Å². The van der Waals surface area contributed by atoms with Crippen molar-refractivity contribution < 1.29 is 13.9 Å². The molecule has 0 saturated carbocycles. The fraction of sp³-hybridized carbons (Fsp3) is 0.833. The number of carbonyl (C=O) groups excluding carboxylic acids is 1. The van der Waals surface area contributed by atoms with Crippen LogP contribution in [-0.4, -0.2) is 11.6 Å². The molecule has 0 heterocycles. The second kappa shape index (κ2) is 4.53. The van der Waals surface area contributed by atoms with Crippen LogP contribution < -0.4 is 0 Å². The van der Waals surface area contributed by atoms with Gasteiger partial charge in [-0.05, 0) is 17.9 Å². The van der Waals surface area contributed by atoms with E-state index < -0.39 is 13.6 Å². The van der Waals surface area contributed by atoms with Crippen LogP contribution in [0, 0.1) is 0 Å². The summed E-state index contributed by atoms with van der Waals surface area (Å²) in [7, 11) is -2.07. The number of hydrogen-bond donors (Lipinski definition) is 0. The summed E-state index contributed by atoms with van der Waals surface area (Å²) in [4.78, 5) is 10.4. The second-order valence-electron chi connectivity index (χ2n) is 2.10. The van der Waals surface area contributed by atoms with Crippen molar-refractivity contribution in [3.8, 4) is 0 Å². The van der Waals surface area contributed by atoms with Gasteiger partial charge in [0.15, 0.2) is 0 Å². The van der Waals surface area contributed by atoms with Gasteiger partial charge in [0, 0.05) is 6.92 Å². The highest BCUT2D eigenvalue weighted by atomic mass is 31.1. The molecule has 0 aliphatic heterocycles. The van der Waals surface area contributed by atoms with Gasteiger partial charge in [0.25, 0.3) is 0 Å². The van der Waals surface area contributed by atoms with Crippen molar-refractivity contribution in [3.05, 3.63) is 0 Å². The summed E-state index contributed by atoms with van der Waals surface area (Å²) >= 11 is 0. The van der Waals surface area contributed by atoms with Gasteiger partial charge in [0.1, 0.15) is 6.10 Å². The van der Waals surface area contributed by atoms with E-state index in [1.165, 1.54) is 6.92 Å². The molecule has 0 aliphatic carbocycles. The van der Waals surface area contributed by atoms with Gasteiger partial charge in [0.05, 0.1) is 0 Å². The molecule has 4 heteroatoms. The van der Waals surface area contributed by atoms with E-state index in [0.717, 1.165) is 6.42 Å². The summed E-state index contributed by atoms with van der Waals surface area (Å²) in [5.41, 5.74) is -0.393. The number of hydrogen-bond acceptors (Lipinski definition) is 3. The molecule has 0 saturated heterocycles. The monoisotopic (exact) mass is 163 g/mol. The summed E-state index contributed by atoms with van der Waals surface area (Å²) in [6.07, 6.45) is 0.682. The molecular formula is C6H12O3P+. The van der Waals surface area contributed by atoms with E-state index in [0.29, 0.717) is 0 Å². The van der Waals surface area contributed by atoms with Gasteiger partial charge in [0.2, 0.25) is 0 Å². The Labute approximate surface area is 61.6 Å². The quantitative estimate of drug-likeness (QED) is 0.596. The molecular weight excluding hydrogens is 151 g/mol. The first kappa shape index (κ1) is 9.73. The highest BCUT2D eigenvalue weighted by Crippen LogP contribution is 2.25. The topological polar surface area (TPSA) is 43.4 Å². The number of rotatable bonds is 4. The zero-order valence-electron chi connectivity index (χ0n) is 6.46. The molecule has 0 bridgehead atoms. The van der Waals surface area contributed by atoms with Crippen molar-refractivity contribution in [2.24, 2.45) is 0 Å². The maximum Gasteiger partial charge on any atom is 0.587 e. The molecule has 0 aliphatic rings. The van der Waals surface area contributed by atoms with Gasteiger partial charge < -0.3 is 0 Å². The third kappa shape index (κ3) is 3.70. The van der Waals surface area contributed by atoms with Gasteiger partial charge in [-0.3, -0.25) is 0 Å². The van der Waals surface area contributed by atoms with Gasteiger partial charge in [-0.15, -0.1) is 4.52 Å². The third-order valence-electron chi connectivity index (χ3n) is 1.11. The Morgan fingerprint density at radius 1 is 1.70 bits per heavy atom. The minimum Gasteiger partial charge on any atom is -0.237 e. The molecule has 0 amide bonds. The predicted octanol–water partition coefficient (Wildman–Crippen LogP) is 2.09. The van der Waals surface area contributed by atoms with E-state index in [4.69, 9.17) is 4.52 Å². The normalized spacial score (nSPS) is 14.5. The fourth-order valence-corrected chi connectivity index (χ4v) is 0.937. The summed E-state index contributed by atoms with van der Waals surface area (Å²) in [5.74, 6) is 0. The van der Waals surface area contributed by atoms with Crippen molar-refractivity contribution in [2.45, 2.75) is 33.3 Å². The highest BCUT2D eigenvalue weighted by molar-refractivity contribution is 7.58. The molecule has 3 nitrogen and oxygen atoms in total. The molecule has 0 radical (unpaired) electrons. The van der Waals surface area contributed by atoms with Crippen molar-refractivity contribution in [2.75, 3.05) is 0 Å². The van der Waals surface area contributed by atoms with Crippen LogP contribution >= 0.6 is 8.03 Å².